The number of azo groups is 2. The molecule has 0 aliphatic heterocycles. The van der Waals surface area contributed by atoms with Crippen LogP contribution in [0, 0.1) is 0 Å². The van der Waals surface area contributed by atoms with E-state index in [0.29, 0.717) is 22.5 Å². The van der Waals surface area contributed by atoms with Gasteiger partial charge in [0.15, 0.2) is 0 Å². The second-order valence-electron chi connectivity index (χ2n) is 9.58. The van der Waals surface area contributed by atoms with Crippen molar-refractivity contribution in [1.29, 1.82) is 0 Å². The van der Waals surface area contributed by atoms with Gasteiger partial charge in [0.05, 0.1) is 33.9 Å². The lowest BCUT2D eigenvalue weighted by Crippen LogP contribution is -1.96. The molecule has 46 heavy (non-hydrogen) atoms. The lowest BCUT2D eigenvalue weighted by Gasteiger charge is -2.02. The molecule has 12 heteroatoms. The molecule has 0 heterocycles. The molecule has 5 rings (SSSR count). The van der Waals surface area contributed by atoms with Gasteiger partial charge < -0.3 is 20.4 Å². The third kappa shape index (κ3) is 7.76. The maximum Gasteiger partial charge on any atom is 0.337 e. The van der Waals surface area contributed by atoms with E-state index in [9.17, 15) is 30.0 Å². The number of phenolic OH excluding ortho intramolecular Hbond substituents is 2. The summed E-state index contributed by atoms with van der Waals surface area (Å²) < 4.78 is 0. The Hall–Kier alpha value is -6.82. The number of para-hydroxylation sites is 2. The molecule has 0 aromatic heterocycles. The summed E-state index contributed by atoms with van der Waals surface area (Å²) in [4.78, 5) is 31.2. The molecule has 0 aliphatic carbocycles. The third-order valence-corrected chi connectivity index (χ3v) is 6.35. The molecule has 0 amide bonds. The molecule has 4 N–H and O–H groups in total. The molecule has 5 aromatic rings. The van der Waals surface area contributed by atoms with Crippen LogP contribution in [-0.4, -0.2) is 44.8 Å². The lowest BCUT2D eigenvalue weighted by molar-refractivity contribution is 0.0687. The minimum atomic E-state index is -1.09. The lowest BCUT2D eigenvalue weighted by atomic mass is 10.1. The van der Waals surface area contributed by atoms with Gasteiger partial charge >= 0.3 is 11.9 Å². The van der Waals surface area contributed by atoms with Crippen LogP contribution in [0.1, 0.15) is 31.8 Å². The van der Waals surface area contributed by atoms with Gasteiger partial charge in [0.25, 0.3) is 0 Å². The van der Waals surface area contributed by atoms with E-state index in [-0.39, 0.29) is 45.4 Å². The molecule has 12 nitrogen and oxygen atoms in total. The van der Waals surface area contributed by atoms with Gasteiger partial charge in [-0.2, -0.15) is 10.2 Å². The minimum Gasteiger partial charge on any atom is -0.506 e. The quantitative estimate of drug-likeness (QED) is 0.0899. The van der Waals surface area contributed by atoms with E-state index in [1.165, 1.54) is 36.7 Å². The van der Waals surface area contributed by atoms with Crippen LogP contribution in [0.25, 0.3) is 0 Å². The van der Waals surface area contributed by atoms with Gasteiger partial charge in [-0.15, -0.1) is 10.2 Å². The smallest absolute Gasteiger partial charge is 0.337 e. The number of aromatic hydroxyl groups is 2. The standard InChI is InChI=1S/C34H24N6O6/c41-31-16-21(19-35-27-10-3-1-8-25(27)33(43)44)12-14-29(31)39-37-23-6-5-7-24(18-23)38-40-30-15-13-22(17-32(30)42)20-36-28-11-4-2-9-26(28)34(45)46/h1-20,41-42H,(H,43,44)(H,45,46). The Morgan fingerprint density at radius 2 is 0.913 bits per heavy atom. The fourth-order valence-corrected chi connectivity index (χ4v) is 4.07. The Morgan fingerprint density at radius 1 is 0.478 bits per heavy atom. The van der Waals surface area contributed by atoms with Gasteiger partial charge in [0.2, 0.25) is 0 Å². The summed E-state index contributed by atoms with van der Waals surface area (Å²) in [5.74, 6) is -2.47. The van der Waals surface area contributed by atoms with E-state index in [1.54, 1.807) is 84.9 Å². The summed E-state index contributed by atoms with van der Waals surface area (Å²) in [5.41, 5.74) is 3.04. The van der Waals surface area contributed by atoms with Gasteiger partial charge in [-0.1, -0.05) is 42.5 Å². The van der Waals surface area contributed by atoms with Crippen molar-refractivity contribution < 1.29 is 30.0 Å². The maximum atomic E-state index is 11.4. The summed E-state index contributed by atoms with van der Waals surface area (Å²) in [6, 6.07) is 28.7. The van der Waals surface area contributed by atoms with Gasteiger partial charge in [0, 0.05) is 12.4 Å². The number of hydrogen-bond donors (Lipinski definition) is 4. The molecule has 0 atom stereocenters. The van der Waals surface area contributed by atoms with E-state index in [0.717, 1.165) is 0 Å². The van der Waals surface area contributed by atoms with E-state index in [1.807, 2.05) is 0 Å². The second kappa shape index (κ2) is 14.1. The highest BCUT2D eigenvalue weighted by Crippen LogP contribution is 2.32. The van der Waals surface area contributed by atoms with Gasteiger partial charge in [-0.25, -0.2) is 9.59 Å². The number of phenols is 2. The minimum absolute atomic E-state index is 0.0633. The summed E-state index contributed by atoms with van der Waals surface area (Å²) in [6.07, 6.45) is 2.88. The molecular formula is C34H24N6O6. The largest absolute Gasteiger partial charge is 0.506 e. The van der Waals surface area contributed by atoms with Gasteiger partial charge in [-0.3, -0.25) is 9.98 Å². The normalized spacial score (nSPS) is 11.7. The summed E-state index contributed by atoms with van der Waals surface area (Å²) in [6.45, 7) is 0. The molecule has 0 bridgehead atoms. The zero-order chi connectivity index (χ0) is 32.5. The molecule has 0 fully saturated rings. The van der Waals surface area contributed by atoms with Crippen LogP contribution in [-0.2, 0) is 0 Å². The Morgan fingerprint density at radius 3 is 1.33 bits per heavy atom. The van der Waals surface area contributed by atoms with E-state index >= 15 is 0 Å². The number of carboxylic acid groups (broad SMARTS) is 2. The molecule has 226 valence electrons. The van der Waals surface area contributed by atoms with Crippen molar-refractivity contribution in [3.05, 3.63) is 131 Å². The number of carboxylic acids is 2. The van der Waals surface area contributed by atoms with Crippen LogP contribution >= 0.6 is 0 Å². The van der Waals surface area contributed by atoms with Crippen LogP contribution in [0.15, 0.2) is 140 Å². The topological polar surface area (TPSA) is 189 Å². The van der Waals surface area contributed by atoms with Crippen LogP contribution in [0.4, 0.5) is 34.1 Å². The fraction of sp³-hybridized carbons (Fsp3) is 0. The third-order valence-electron chi connectivity index (χ3n) is 6.35. The molecule has 0 radical (unpaired) electrons. The monoisotopic (exact) mass is 612 g/mol. The summed E-state index contributed by atoms with van der Waals surface area (Å²) in [5, 5.41) is 56.0. The highest BCUT2D eigenvalue weighted by Gasteiger charge is 2.09. The Bertz CT molecular complexity index is 1910. The van der Waals surface area contributed by atoms with E-state index < -0.39 is 11.9 Å². The molecule has 0 saturated carbocycles. The van der Waals surface area contributed by atoms with Gasteiger partial charge in [0.1, 0.15) is 22.9 Å². The zero-order valence-corrected chi connectivity index (χ0v) is 23.8. The molecule has 0 aliphatic rings. The van der Waals surface area contributed by atoms with Gasteiger partial charge in [-0.05, 0) is 77.9 Å². The van der Waals surface area contributed by atoms with Crippen molar-refractivity contribution in [3.63, 3.8) is 0 Å². The molecule has 5 aromatic carbocycles. The van der Waals surface area contributed by atoms with Crippen LogP contribution in [0.2, 0.25) is 0 Å². The number of benzene rings is 5. The molecule has 0 unspecified atom stereocenters. The van der Waals surface area contributed by atoms with Crippen LogP contribution in [0.5, 0.6) is 11.5 Å². The Kier molecular flexibility index (Phi) is 9.39. The first-order valence-corrected chi connectivity index (χ1v) is 13.6. The zero-order valence-electron chi connectivity index (χ0n) is 23.8. The van der Waals surface area contributed by atoms with Crippen molar-refractivity contribution in [2.75, 3.05) is 0 Å². The average molecular weight is 613 g/mol. The highest BCUT2D eigenvalue weighted by atomic mass is 16.4. The van der Waals surface area contributed by atoms with E-state index in [4.69, 9.17) is 0 Å². The highest BCUT2D eigenvalue weighted by molar-refractivity contribution is 5.96. The van der Waals surface area contributed by atoms with Crippen LogP contribution < -0.4 is 0 Å². The number of aliphatic imine (C=N–C) groups is 2. The number of aromatic carboxylic acids is 2. The SMILES string of the molecule is O=C(O)c1ccccc1N=Cc1ccc(N=Nc2cccc(N=Nc3ccc(C=Nc4ccccc4C(=O)O)cc3O)c2)c(O)c1. The number of nitrogens with zero attached hydrogens (tertiary/aromatic N) is 6. The second-order valence-corrected chi connectivity index (χ2v) is 9.58. The fourth-order valence-electron chi connectivity index (χ4n) is 4.07. The van der Waals surface area contributed by atoms with Crippen molar-refractivity contribution in [3.8, 4) is 11.5 Å². The predicted molar refractivity (Wildman–Crippen MR) is 172 cm³/mol. The Labute approximate surface area is 261 Å². The number of rotatable bonds is 10. The average Bonchev–Trinajstić information content (AvgIpc) is 3.06. The van der Waals surface area contributed by atoms with Crippen molar-refractivity contribution in [2.45, 2.75) is 0 Å². The van der Waals surface area contributed by atoms with E-state index in [2.05, 4.69) is 30.4 Å². The van der Waals surface area contributed by atoms with Crippen LogP contribution in [0.3, 0.4) is 0 Å². The number of hydrogen-bond acceptors (Lipinski definition) is 10. The summed E-state index contributed by atoms with van der Waals surface area (Å²) in [7, 11) is 0. The first-order valence-electron chi connectivity index (χ1n) is 13.6. The molecule has 0 saturated heterocycles. The first kappa shape index (κ1) is 30.6. The Balaban J connectivity index is 1.25. The van der Waals surface area contributed by atoms with Crippen molar-refractivity contribution in [1.82, 2.24) is 0 Å². The predicted octanol–water partition coefficient (Wildman–Crippen LogP) is 8.83. The summed E-state index contributed by atoms with van der Waals surface area (Å²) >= 11 is 0. The molecule has 0 spiro atoms. The number of carbonyl (C=O) groups is 2. The first-order chi connectivity index (χ1) is 22.3. The van der Waals surface area contributed by atoms with Crippen molar-refractivity contribution in [2.24, 2.45) is 30.4 Å². The van der Waals surface area contributed by atoms with Crippen molar-refractivity contribution >= 4 is 58.5 Å². The molecular weight excluding hydrogens is 588 g/mol. The maximum absolute atomic E-state index is 11.4.